The Bertz CT molecular complexity index is 288. The standard InChI is InChI=1S/C12H23N3O3/c1-3-6-14(8-11-5-7-18-10-11)12(13-4-2)9-15(16)17/h11H,3-10H2,1-2H3. The van der Waals surface area contributed by atoms with Crippen molar-refractivity contribution in [3.05, 3.63) is 10.1 Å². The van der Waals surface area contributed by atoms with Crippen LogP contribution in [0, 0.1) is 16.0 Å². The van der Waals surface area contributed by atoms with Gasteiger partial charge >= 0.3 is 0 Å². The summed E-state index contributed by atoms with van der Waals surface area (Å²) in [6, 6.07) is 0. The second-order valence-electron chi connectivity index (χ2n) is 4.56. The lowest BCUT2D eigenvalue weighted by Gasteiger charge is -2.26. The van der Waals surface area contributed by atoms with Crippen LogP contribution in [0.25, 0.3) is 0 Å². The summed E-state index contributed by atoms with van der Waals surface area (Å²) in [6.45, 7) is 7.60. The highest BCUT2D eigenvalue weighted by molar-refractivity contribution is 5.83. The van der Waals surface area contributed by atoms with E-state index in [2.05, 4.69) is 16.8 Å². The Morgan fingerprint density at radius 1 is 1.56 bits per heavy atom. The predicted octanol–water partition coefficient (Wildman–Crippen LogP) is 1.43. The van der Waals surface area contributed by atoms with Gasteiger partial charge in [-0.05, 0) is 19.8 Å². The van der Waals surface area contributed by atoms with Crippen molar-refractivity contribution in [1.29, 1.82) is 0 Å². The van der Waals surface area contributed by atoms with E-state index in [1.165, 1.54) is 0 Å². The molecule has 1 fully saturated rings. The van der Waals surface area contributed by atoms with Crippen molar-refractivity contribution in [2.75, 3.05) is 39.4 Å². The lowest BCUT2D eigenvalue weighted by Crippen LogP contribution is -2.40. The van der Waals surface area contributed by atoms with Crippen LogP contribution in [0.4, 0.5) is 0 Å². The first-order chi connectivity index (χ1) is 8.67. The maximum absolute atomic E-state index is 10.7. The quantitative estimate of drug-likeness (QED) is 0.299. The predicted molar refractivity (Wildman–Crippen MR) is 70.6 cm³/mol. The number of nitro groups is 1. The van der Waals surface area contributed by atoms with E-state index in [-0.39, 0.29) is 11.5 Å². The van der Waals surface area contributed by atoms with Gasteiger partial charge in [0.2, 0.25) is 0 Å². The van der Waals surface area contributed by atoms with E-state index >= 15 is 0 Å². The van der Waals surface area contributed by atoms with Gasteiger partial charge in [-0.3, -0.25) is 15.1 Å². The van der Waals surface area contributed by atoms with E-state index in [4.69, 9.17) is 4.74 Å². The molecule has 0 saturated carbocycles. The topological polar surface area (TPSA) is 68.0 Å². The van der Waals surface area contributed by atoms with Crippen molar-refractivity contribution < 1.29 is 9.66 Å². The molecule has 1 unspecified atom stereocenters. The summed E-state index contributed by atoms with van der Waals surface area (Å²) in [5.41, 5.74) is 0. The van der Waals surface area contributed by atoms with Crippen LogP contribution < -0.4 is 0 Å². The number of nitrogens with zero attached hydrogens (tertiary/aromatic N) is 3. The summed E-state index contributed by atoms with van der Waals surface area (Å²) < 4.78 is 5.36. The van der Waals surface area contributed by atoms with Gasteiger partial charge in [-0.1, -0.05) is 6.92 Å². The summed E-state index contributed by atoms with van der Waals surface area (Å²) >= 11 is 0. The number of rotatable bonds is 7. The molecule has 18 heavy (non-hydrogen) atoms. The molecular formula is C12H23N3O3. The SMILES string of the molecule is CCCN(CC1CCOC1)C(C[N+](=O)[O-])=NCC. The average Bonchev–Trinajstić information content (AvgIpc) is 2.80. The summed E-state index contributed by atoms with van der Waals surface area (Å²) in [4.78, 5) is 16.7. The first-order valence-electron chi connectivity index (χ1n) is 6.65. The number of amidine groups is 1. The molecule has 0 aromatic rings. The maximum Gasteiger partial charge on any atom is 0.260 e. The van der Waals surface area contributed by atoms with E-state index in [1.807, 2.05) is 6.92 Å². The normalized spacial score (nSPS) is 20.1. The highest BCUT2D eigenvalue weighted by Crippen LogP contribution is 2.14. The van der Waals surface area contributed by atoms with Crippen molar-refractivity contribution in [2.45, 2.75) is 26.7 Å². The number of aliphatic imine (C=N–C) groups is 1. The van der Waals surface area contributed by atoms with E-state index in [0.29, 0.717) is 18.3 Å². The maximum atomic E-state index is 10.7. The number of hydrogen-bond acceptors (Lipinski definition) is 4. The molecule has 0 N–H and O–H groups in total. The molecule has 1 saturated heterocycles. The third-order valence-electron chi connectivity index (χ3n) is 2.97. The first kappa shape index (κ1) is 14.9. The van der Waals surface area contributed by atoms with Gasteiger partial charge < -0.3 is 9.64 Å². The van der Waals surface area contributed by atoms with Crippen LogP contribution in [0.3, 0.4) is 0 Å². The fourth-order valence-electron chi connectivity index (χ4n) is 2.18. The average molecular weight is 257 g/mol. The Hall–Kier alpha value is -1.17. The van der Waals surface area contributed by atoms with Crippen molar-refractivity contribution in [1.82, 2.24) is 4.90 Å². The second-order valence-corrected chi connectivity index (χ2v) is 4.56. The van der Waals surface area contributed by atoms with Crippen LogP contribution in [0.2, 0.25) is 0 Å². The zero-order valence-electron chi connectivity index (χ0n) is 11.3. The first-order valence-corrected chi connectivity index (χ1v) is 6.65. The zero-order valence-corrected chi connectivity index (χ0v) is 11.3. The Labute approximate surface area is 108 Å². The third-order valence-corrected chi connectivity index (χ3v) is 2.97. The fraction of sp³-hybridized carbons (Fsp3) is 0.917. The molecule has 0 spiro atoms. The Kier molecular flexibility index (Phi) is 6.64. The van der Waals surface area contributed by atoms with Gasteiger partial charge in [0.25, 0.3) is 6.54 Å². The lowest BCUT2D eigenvalue weighted by molar-refractivity contribution is -0.464. The van der Waals surface area contributed by atoms with Crippen LogP contribution in [-0.4, -0.2) is 55.1 Å². The van der Waals surface area contributed by atoms with Crippen molar-refractivity contribution in [2.24, 2.45) is 10.9 Å². The largest absolute Gasteiger partial charge is 0.381 e. The fourth-order valence-corrected chi connectivity index (χ4v) is 2.18. The van der Waals surface area contributed by atoms with E-state index in [0.717, 1.165) is 39.1 Å². The monoisotopic (exact) mass is 257 g/mol. The zero-order chi connectivity index (χ0) is 13.4. The minimum atomic E-state index is -0.303. The molecule has 1 aliphatic heterocycles. The lowest BCUT2D eigenvalue weighted by atomic mass is 10.1. The van der Waals surface area contributed by atoms with E-state index in [1.54, 1.807) is 0 Å². The molecular weight excluding hydrogens is 234 g/mol. The van der Waals surface area contributed by atoms with Gasteiger partial charge in [-0.15, -0.1) is 0 Å². The molecule has 0 aromatic carbocycles. The molecule has 1 heterocycles. The van der Waals surface area contributed by atoms with Gasteiger partial charge in [-0.25, -0.2) is 0 Å². The van der Waals surface area contributed by atoms with E-state index in [9.17, 15) is 10.1 Å². The molecule has 6 nitrogen and oxygen atoms in total. The number of hydrogen-bond donors (Lipinski definition) is 0. The molecule has 1 aliphatic rings. The smallest absolute Gasteiger partial charge is 0.260 e. The molecule has 0 bridgehead atoms. The van der Waals surface area contributed by atoms with Crippen molar-refractivity contribution in [3.63, 3.8) is 0 Å². The molecule has 0 amide bonds. The van der Waals surface area contributed by atoms with Gasteiger partial charge in [-0.2, -0.15) is 0 Å². The molecule has 6 heteroatoms. The van der Waals surface area contributed by atoms with Gasteiger partial charge in [0.1, 0.15) is 0 Å². The Morgan fingerprint density at radius 2 is 2.33 bits per heavy atom. The molecule has 1 atom stereocenters. The van der Waals surface area contributed by atoms with Crippen LogP contribution in [0.15, 0.2) is 4.99 Å². The Morgan fingerprint density at radius 3 is 2.83 bits per heavy atom. The summed E-state index contributed by atoms with van der Waals surface area (Å²) in [7, 11) is 0. The summed E-state index contributed by atoms with van der Waals surface area (Å²) in [5, 5.41) is 10.7. The molecule has 1 rings (SSSR count). The van der Waals surface area contributed by atoms with Crippen molar-refractivity contribution >= 4 is 5.84 Å². The molecule has 0 radical (unpaired) electrons. The third kappa shape index (κ3) is 5.00. The molecule has 0 aliphatic carbocycles. The summed E-state index contributed by atoms with van der Waals surface area (Å²) in [5.74, 6) is 1.08. The van der Waals surface area contributed by atoms with Crippen LogP contribution in [0.1, 0.15) is 26.7 Å². The van der Waals surface area contributed by atoms with E-state index < -0.39 is 0 Å². The van der Waals surface area contributed by atoms with Crippen LogP contribution in [-0.2, 0) is 4.74 Å². The second kappa shape index (κ2) is 8.02. The van der Waals surface area contributed by atoms with Gasteiger partial charge in [0.05, 0.1) is 6.61 Å². The van der Waals surface area contributed by atoms with Gasteiger partial charge in [0.15, 0.2) is 5.84 Å². The minimum Gasteiger partial charge on any atom is -0.381 e. The van der Waals surface area contributed by atoms with Crippen molar-refractivity contribution in [3.8, 4) is 0 Å². The van der Waals surface area contributed by atoms with Crippen LogP contribution >= 0.6 is 0 Å². The van der Waals surface area contributed by atoms with Gasteiger partial charge in [0, 0.05) is 37.1 Å². The minimum absolute atomic E-state index is 0.179. The Balaban J connectivity index is 2.65. The highest BCUT2D eigenvalue weighted by atomic mass is 16.6. The highest BCUT2D eigenvalue weighted by Gasteiger charge is 2.22. The number of ether oxygens (including phenoxy) is 1. The molecule has 104 valence electrons. The van der Waals surface area contributed by atoms with Crippen LogP contribution in [0.5, 0.6) is 0 Å². The molecule has 0 aromatic heterocycles. The summed E-state index contributed by atoms with van der Waals surface area (Å²) in [6.07, 6.45) is 2.01.